The van der Waals surface area contributed by atoms with Crippen molar-refractivity contribution in [1.29, 1.82) is 0 Å². The first-order valence-electron chi connectivity index (χ1n) is 7.69. The van der Waals surface area contributed by atoms with E-state index in [4.69, 9.17) is 9.84 Å². The van der Waals surface area contributed by atoms with Crippen molar-refractivity contribution in [2.24, 2.45) is 0 Å². The van der Waals surface area contributed by atoms with Crippen molar-refractivity contribution >= 4 is 12.1 Å². The second-order valence-electron chi connectivity index (χ2n) is 6.27. The summed E-state index contributed by atoms with van der Waals surface area (Å²) in [5.41, 5.74) is 0.581. The number of carboxylic acids is 1. The number of rotatable bonds is 7. The smallest absolute Gasteiger partial charge is 0.408 e. The Bertz CT molecular complexity index is 532. The van der Waals surface area contributed by atoms with Crippen LogP contribution in [0.3, 0.4) is 0 Å². The SMILES string of the molecule is CC(C)(C)OC(=O)NC(C/C=C/CCc1ccccc1)C(=O)O. The van der Waals surface area contributed by atoms with Gasteiger partial charge in [-0.25, -0.2) is 9.59 Å². The summed E-state index contributed by atoms with van der Waals surface area (Å²) in [6.07, 6.45) is 4.93. The molecule has 0 aromatic heterocycles. The van der Waals surface area contributed by atoms with E-state index in [0.29, 0.717) is 0 Å². The van der Waals surface area contributed by atoms with Crippen LogP contribution in [0.25, 0.3) is 0 Å². The number of carbonyl (C=O) groups excluding carboxylic acids is 1. The second kappa shape index (κ2) is 8.98. The first-order chi connectivity index (χ1) is 10.8. The highest BCUT2D eigenvalue weighted by Crippen LogP contribution is 2.08. The van der Waals surface area contributed by atoms with Crippen LogP contribution < -0.4 is 5.32 Å². The maximum absolute atomic E-state index is 11.6. The molecule has 0 saturated heterocycles. The van der Waals surface area contributed by atoms with Gasteiger partial charge in [0.2, 0.25) is 0 Å². The molecule has 0 saturated carbocycles. The molecule has 0 aliphatic carbocycles. The Morgan fingerprint density at radius 3 is 2.43 bits per heavy atom. The fourth-order valence-electron chi connectivity index (χ4n) is 1.92. The van der Waals surface area contributed by atoms with E-state index in [9.17, 15) is 9.59 Å². The Kier molecular flexibility index (Phi) is 7.32. The maximum atomic E-state index is 11.6. The van der Waals surface area contributed by atoms with Crippen LogP contribution >= 0.6 is 0 Å². The van der Waals surface area contributed by atoms with E-state index < -0.39 is 23.7 Å². The van der Waals surface area contributed by atoms with Gasteiger partial charge in [0.1, 0.15) is 11.6 Å². The minimum absolute atomic E-state index is 0.226. The van der Waals surface area contributed by atoms with Crippen LogP contribution in [0.5, 0.6) is 0 Å². The molecule has 5 heteroatoms. The number of alkyl carbamates (subject to hydrolysis) is 1. The van der Waals surface area contributed by atoms with Crippen molar-refractivity contribution in [3.63, 3.8) is 0 Å². The Balaban J connectivity index is 2.39. The number of aliphatic carboxylic acids is 1. The van der Waals surface area contributed by atoms with Crippen LogP contribution in [0.15, 0.2) is 42.5 Å². The number of hydrogen-bond donors (Lipinski definition) is 2. The molecule has 5 nitrogen and oxygen atoms in total. The Morgan fingerprint density at radius 2 is 1.87 bits per heavy atom. The normalized spacial score (nSPS) is 12.8. The lowest BCUT2D eigenvalue weighted by Gasteiger charge is -2.21. The number of hydrogen-bond acceptors (Lipinski definition) is 3. The van der Waals surface area contributed by atoms with Crippen molar-refractivity contribution < 1.29 is 19.4 Å². The Labute approximate surface area is 137 Å². The average Bonchev–Trinajstić information content (AvgIpc) is 2.44. The molecular formula is C18H25NO4. The molecule has 1 unspecified atom stereocenters. The van der Waals surface area contributed by atoms with Gasteiger partial charge in [0.05, 0.1) is 0 Å². The van der Waals surface area contributed by atoms with Gasteiger partial charge in [-0.15, -0.1) is 0 Å². The summed E-state index contributed by atoms with van der Waals surface area (Å²) in [7, 11) is 0. The van der Waals surface area contributed by atoms with Crippen molar-refractivity contribution in [3.8, 4) is 0 Å². The van der Waals surface area contributed by atoms with Crippen LogP contribution in [0.4, 0.5) is 4.79 Å². The van der Waals surface area contributed by atoms with Gasteiger partial charge < -0.3 is 15.2 Å². The third-order valence-corrected chi connectivity index (χ3v) is 2.97. The molecule has 1 aromatic carbocycles. The van der Waals surface area contributed by atoms with E-state index in [1.807, 2.05) is 24.3 Å². The van der Waals surface area contributed by atoms with Crippen LogP contribution in [0, 0.1) is 0 Å². The molecule has 0 aliphatic heterocycles. The highest BCUT2D eigenvalue weighted by Gasteiger charge is 2.22. The van der Waals surface area contributed by atoms with E-state index in [1.165, 1.54) is 5.56 Å². The number of benzene rings is 1. The van der Waals surface area contributed by atoms with Gasteiger partial charge in [0.25, 0.3) is 0 Å². The average molecular weight is 319 g/mol. The number of nitrogens with one attached hydrogen (secondary N) is 1. The zero-order valence-corrected chi connectivity index (χ0v) is 13.9. The van der Waals surface area contributed by atoms with Gasteiger partial charge in [-0.3, -0.25) is 0 Å². The van der Waals surface area contributed by atoms with Crippen molar-refractivity contribution in [2.75, 3.05) is 0 Å². The second-order valence-corrected chi connectivity index (χ2v) is 6.27. The van der Waals surface area contributed by atoms with Gasteiger partial charge in [-0.1, -0.05) is 42.5 Å². The standard InChI is InChI=1S/C18H25NO4/c1-18(2,3)23-17(22)19-15(16(20)21)13-9-5-8-12-14-10-6-4-7-11-14/h4-7,9-11,15H,8,12-13H2,1-3H3,(H,19,22)(H,20,21)/b9-5+. The Morgan fingerprint density at radius 1 is 1.22 bits per heavy atom. The summed E-state index contributed by atoms with van der Waals surface area (Å²) in [5, 5.41) is 11.5. The van der Waals surface area contributed by atoms with Crippen molar-refractivity contribution in [3.05, 3.63) is 48.0 Å². The lowest BCUT2D eigenvalue weighted by Crippen LogP contribution is -2.43. The molecule has 1 aromatic rings. The number of allylic oxidation sites excluding steroid dienone is 1. The monoisotopic (exact) mass is 319 g/mol. The predicted octanol–water partition coefficient (Wildman–Crippen LogP) is 3.54. The van der Waals surface area contributed by atoms with Crippen molar-refractivity contribution in [1.82, 2.24) is 5.32 Å². The van der Waals surface area contributed by atoms with Gasteiger partial charge in [-0.05, 0) is 45.6 Å². The fourth-order valence-corrected chi connectivity index (χ4v) is 1.92. The van der Waals surface area contributed by atoms with Gasteiger partial charge >= 0.3 is 12.1 Å². The number of carboxylic acid groups (broad SMARTS) is 1. The summed E-state index contributed by atoms with van der Waals surface area (Å²) in [6, 6.07) is 9.07. The molecule has 1 rings (SSSR count). The molecule has 1 amide bonds. The van der Waals surface area contributed by atoms with E-state index in [0.717, 1.165) is 12.8 Å². The predicted molar refractivity (Wildman–Crippen MR) is 89.3 cm³/mol. The lowest BCUT2D eigenvalue weighted by molar-refractivity contribution is -0.139. The summed E-state index contributed by atoms with van der Waals surface area (Å²) in [5.74, 6) is -1.08. The highest BCUT2D eigenvalue weighted by molar-refractivity contribution is 5.80. The number of ether oxygens (including phenoxy) is 1. The molecule has 0 aliphatic rings. The van der Waals surface area contributed by atoms with Crippen molar-refractivity contribution in [2.45, 2.75) is 51.7 Å². The Hall–Kier alpha value is -2.30. The molecule has 2 N–H and O–H groups in total. The molecule has 0 radical (unpaired) electrons. The maximum Gasteiger partial charge on any atom is 0.408 e. The van der Waals surface area contributed by atoms with Gasteiger partial charge in [0, 0.05) is 0 Å². The summed E-state index contributed by atoms with van der Waals surface area (Å²) in [6.45, 7) is 5.18. The molecule has 1 atom stereocenters. The summed E-state index contributed by atoms with van der Waals surface area (Å²) < 4.78 is 5.07. The molecular weight excluding hydrogens is 294 g/mol. The fraction of sp³-hybridized carbons (Fsp3) is 0.444. The molecule has 0 bridgehead atoms. The van der Waals surface area contributed by atoms with E-state index in [2.05, 4.69) is 17.4 Å². The van der Waals surface area contributed by atoms with Gasteiger partial charge in [0.15, 0.2) is 0 Å². The minimum Gasteiger partial charge on any atom is -0.480 e. The van der Waals surface area contributed by atoms with Crippen LogP contribution in [-0.4, -0.2) is 28.8 Å². The molecule has 126 valence electrons. The number of carbonyl (C=O) groups is 2. The number of aryl methyl sites for hydroxylation is 1. The topological polar surface area (TPSA) is 75.6 Å². The van der Waals surface area contributed by atoms with Crippen LogP contribution in [0.2, 0.25) is 0 Å². The number of amides is 1. The molecule has 0 spiro atoms. The highest BCUT2D eigenvalue weighted by atomic mass is 16.6. The van der Waals surface area contributed by atoms with Gasteiger partial charge in [-0.2, -0.15) is 0 Å². The summed E-state index contributed by atoms with van der Waals surface area (Å²) >= 11 is 0. The first kappa shape index (κ1) is 18.7. The van der Waals surface area contributed by atoms with E-state index >= 15 is 0 Å². The molecule has 0 fully saturated rings. The third kappa shape index (κ3) is 8.66. The zero-order valence-electron chi connectivity index (χ0n) is 13.9. The lowest BCUT2D eigenvalue weighted by atomic mass is 10.1. The largest absolute Gasteiger partial charge is 0.480 e. The zero-order chi connectivity index (χ0) is 17.3. The van der Waals surface area contributed by atoms with E-state index in [1.54, 1.807) is 26.8 Å². The quantitative estimate of drug-likeness (QED) is 0.754. The van der Waals surface area contributed by atoms with Crippen LogP contribution in [0.1, 0.15) is 39.2 Å². The molecule has 23 heavy (non-hydrogen) atoms. The third-order valence-electron chi connectivity index (χ3n) is 2.97. The molecule has 0 heterocycles. The minimum atomic E-state index is -1.08. The summed E-state index contributed by atoms with van der Waals surface area (Å²) in [4.78, 5) is 22.8. The van der Waals surface area contributed by atoms with Crippen LogP contribution in [-0.2, 0) is 16.0 Å². The van der Waals surface area contributed by atoms with E-state index in [-0.39, 0.29) is 6.42 Å². The first-order valence-corrected chi connectivity index (χ1v) is 7.69.